The standard InChI is InChI=1S/C43H77O9P/c1-3-5-7-9-11-13-14-15-16-17-18-19-20-21-22-23-24-25-26-27-28-30-32-34-36-49-39-42(40-51-53(47,48)50-38-41(45)37-44)52-43(46)35-33-31-29-12-10-8-6-4-2/h5,7,11,13,15-16,18-19,21-22,41-42,44-45H,3-4,6,8-10,12,14,17,20,23-40H2,1-2H3,(H,47,48)/b7-5-,13-11-,16-15-,19-18-,22-21-. The Kier molecular flexibility index (Phi) is 38.5. The molecule has 3 N–H and O–H groups in total. The van der Waals surface area contributed by atoms with E-state index < -0.39 is 39.2 Å². The third-order valence-electron chi connectivity index (χ3n) is 8.47. The van der Waals surface area contributed by atoms with E-state index in [-0.39, 0.29) is 19.6 Å². The molecule has 9 nitrogen and oxygen atoms in total. The van der Waals surface area contributed by atoms with Crippen LogP contribution in [0.15, 0.2) is 60.8 Å². The molecular weight excluding hydrogens is 691 g/mol. The number of hydrogen-bond donors (Lipinski definition) is 3. The zero-order valence-electron chi connectivity index (χ0n) is 33.5. The fraction of sp³-hybridized carbons (Fsp3) is 0.744. The minimum absolute atomic E-state index is 0.0420. The maximum atomic E-state index is 12.5. The summed E-state index contributed by atoms with van der Waals surface area (Å²) in [7, 11) is -4.51. The summed E-state index contributed by atoms with van der Waals surface area (Å²) >= 11 is 0. The van der Waals surface area contributed by atoms with Gasteiger partial charge in [-0.15, -0.1) is 0 Å². The minimum atomic E-state index is -4.51. The summed E-state index contributed by atoms with van der Waals surface area (Å²) in [6.45, 7) is 3.33. The number of aliphatic hydroxyl groups is 2. The normalized spacial score (nSPS) is 14.7. The van der Waals surface area contributed by atoms with Crippen molar-refractivity contribution in [3.05, 3.63) is 60.8 Å². The molecule has 0 heterocycles. The zero-order chi connectivity index (χ0) is 38.9. The minimum Gasteiger partial charge on any atom is -0.457 e. The van der Waals surface area contributed by atoms with Crippen LogP contribution in [-0.4, -0.2) is 66.3 Å². The Morgan fingerprint density at radius 1 is 0.604 bits per heavy atom. The van der Waals surface area contributed by atoms with Crippen molar-refractivity contribution in [1.29, 1.82) is 0 Å². The number of carbonyl (C=O) groups is 1. The van der Waals surface area contributed by atoms with E-state index in [1.54, 1.807) is 0 Å². The molecule has 0 saturated carbocycles. The van der Waals surface area contributed by atoms with Crippen LogP contribution >= 0.6 is 7.82 Å². The number of carbonyl (C=O) groups excluding carboxylic acids is 1. The van der Waals surface area contributed by atoms with Crippen molar-refractivity contribution >= 4 is 13.8 Å². The fourth-order valence-corrected chi connectivity index (χ4v) is 6.11. The van der Waals surface area contributed by atoms with E-state index in [9.17, 15) is 19.4 Å². The van der Waals surface area contributed by atoms with Crippen molar-refractivity contribution in [2.75, 3.05) is 33.0 Å². The van der Waals surface area contributed by atoms with Gasteiger partial charge in [0.1, 0.15) is 12.2 Å². The van der Waals surface area contributed by atoms with Crippen molar-refractivity contribution in [3.8, 4) is 0 Å². The molecule has 0 radical (unpaired) electrons. The van der Waals surface area contributed by atoms with Gasteiger partial charge in [-0.3, -0.25) is 13.8 Å². The van der Waals surface area contributed by atoms with Crippen LogP contribution in [0.2, 0.25) is 0 Å². The van der Waals surface area contributed by atoms with Crippen LogP contribution in [0, 0.1) is 0 Å². The summed E-state index contributed by atoms with van der Waals surface area (Å²) < 4.78 is 33.2. The quantitative estimate of drug-likeness (QED) is 0.0242. The maximum absolute atomic E-state index is 12.5. The number of esters is 1. The molecule has 0 fully saturated rings. The average molecular weight is 769 g/mol. The molecule has 0 aliphatic heterocycles. The summed E-state index contributed by atoms with van der Waals surface area (Å²) in [5.74, 6) is -0.393. The number of rotatable bonds is 39. The van der Waals surface area contributed by atoms with Gasteiger partial charge in [0.2, 0.25) is 0 Å². The molecule has 0 amide bonds. The Balaban J connectivity index is 4.07. The van der Waals surface area contributed by atoms with Gasteiger partial charge in [-0.05, 0) is 57.8 Å². The first-order valence-electron chi connectivity index (χ1n) is 20.8. The highest BCUT2D eigenvalue weighted by molar-refractivity contribution is 7.47. The zero-order valence-corrected chi connectivity index (χ0v) is 34.4. The summed E-state index contributed by atoms with van der Waals surface area (Å²) in [6, 6.07) is 0. The number of phosphoric ester groups is 1. The average Bonchev–Trinajstić information content (AvgIpc) is 3.15. The van der Waals surface area contributed by atoms with Crippen molar-refractivity contribution in [1.82, 2.24) is 0 Å². The summed E-state index contributed by atoms with van der Waals surface area (Å²) in [6.07, 6.45) is 44.8. The van der Waals surface area contributed by atoms with E-state index in [2.05, 4.69) is 74.6 Å². The van der Waals surface area contributed by atoms with Gasteiger partial charge in [0.05, 0.1) is 26.4 Å². The first kappa shape index (κ1) is 51.2. The summed E-state index contributed by atoms with van der Waals surface area (Å²) in [4.78, 5) is 22.4. The lowest BCUT2D eigenvalue weighted by molar-refractivity contribution is -0.154. The van der Waals surface area contributed by atoms with Crippen LogP contribution in [0.3, 0.4) is 0 Å². The van der Waals surface area contributed by atoms with Crippen molar-refractivity contribution in [3.63, 3.8) is 0 Å². The third-order valence-corrected chi connectivity index (χ3v) is 9.42. The molecule has 0 aliphatic carbocycles. The molecule has 10 heteroatoms. The van der Waals surface area contributed by atoms with E-state index in [1.165, 1.54) is 64.2 Å². The SMILES string of the molecule is CC/C=C\C/C=C\C/C=C\C/C=C\C/C=C\CCCCCCCCCCOCC(COP(=O)(O)OCC(O)CO)OC(=O)CCCCCCCCCC. The smallest absolute Gasteiger partial charge is 0.457 e. The molecule has 3 unspecified atom stereocenters. The van der Waals surface area contributed by atoms with Crippen LogP contribution in [-0.2, 0) is 27.9 Å². The molecule has 308 valence electrons. The molecular formula is C43H77O9P. The van der Waals surface area contributed by atoms with Crippen LogP contribution in [0.5, 0.6) is 0 Å². The molecule has 0 rings (SSSR count). The van der Waals surface area contributed by atoms with Crippen LogP contribution in [0.4, 0.5) is 0 Å². The van der Waals surface area contributed by atoms with Crippen molar-refractivity contribution in [2.45, 2.75) is 174 Å². The monoisotopic (exact) mass is 769 g/mol. The first-order valence-corrected chi connectivity index (χ1v) is 22.3. The second-order valence-corrected chi connectivity index (χ2v) is 15.1. The van der Waals surface area contributed by atoms with Gasteiger partial charge in [-0.2, -0.15) is 0 Å². The second-order valence-electron chi connectivity index (χ2n) is 13.6. The predicted molar refractivity (Wildman–Crippen MR) is 219 cm³/mol. The molecule has 0 aromatic rings. The van der Waals surface area contributed by atoms with E-state index in [0.29, 0.717) is 6.61 Å². The Morgan fingerprint density at radius 2 is 1.08 bits per heavy atom. The lowest BCUT2D eigenvalue weighted by Gasteiger charge is -2.20. The van der Waals surface area contributed by atoms with Crippen molar-refractivity contribution in [2.24, 2.45) is 0 Å². The van der Waals surface area contributed by atoms with Gasteiger partial charge >= 0.3 is 13.8 Å². The molecule has 53 heavy (non-hydrogen) atoms. The first-order chi connectivity index (χ1) is 25.8. The summed E-state index contributed by atoms with van der Waals surface area (Å²) in [5, 5.41) is 18.3. The molecule has 0 bridgehead atoms. The number of hydrogen-bond acceptors (Lipinski definition) is 8. The van der Waals surface area contributed by atoms with E-state index in [4.69, 9.17) is 23.6 Å². The van der Waals surface area contributed by atoms with Crippen LogP contribution in [0.1, 0.15) is 162 Å². The number of unbranched alkanes of at least 4 members (excludes halogenated alkanes) is 15. The molecule has 0 aliphatic rings. The third kappa shape index (κ3) is 39.7. The van der Waals surface area contributed by atoms with Crippen molar-refractivity contribution < 1.29 is 43.0 Å². The van der Waals surface area contributed by atoms with E-state index >= 15 is 0 Å². The fourth-order valence-electron chi connectivity index (χ4n) is 5.32. The molecule has 3 atom stereocenters. The second kappa shape index (κ2) is 39.8. The lowest BCUT2D eigenvalue weighted by Crippen LogP contribution is -2.29. The number of phosphoric acid groups is 1. The maximum Gasteiger partial charge on any atom is 0.472 e. The molecule has 0 saturated heterocycles. The molecule has 0 aromatic carbocycles. The van der Waals surface area contributed by atoms with Gasteiger partial charge in [0.25, 0.3) is 0 Å². The Bertz CT molecular complexity index is 1010. The highest BCUT2D eigenvalue weighted by atomic mass is 31.2. The van der Waals surface area contributed by atoms with Crippen LogP contribution < -0.4 is 0 Å². The van der Waals surface area contributed by atoms with Gasteiger partial charge in [-0.1, -0.05) is 158 Å². The lowest BCUT2D eigenvalue weighted by atomic mass is 10.1. The topological polar surface area (TPSA) is 132 Å². The van der Waals surface area contributed by atoms with Gasteiger partial charge in [0.15, 0.2) is 0 Å². The Hall–Kier alpha value is -1.84. The number of ether oxygens (including phenoxy) is 2. The Labute approximate surface area is 323 Å². The number of allylic oxidation sites excluding steroid dienone is 10. The molecule has 0 spiro atoms. The van der Waals surface area contributed by atoms with Gasteiger partial charge in [0, 0.05) is 13.0 Å². The van der Waals surface area contributed by atoms with E-state index in [1.807, 2.05) is 0 Å². The van der Waals surface area contributed by atoms with E-state index in [0.717, 1.165) is 77.0 Å². The van der Waals surface area contributed by atoms with Gasteiger partial charge in [-0.25, -0.2) is 4.57 Å². The number of aliphatic hydroxyl groups excluding tert-OH is 2. The largest absolute Gasteiger partial charge is 0.472 e. The highest BCUT2D eigenvalue weighted by Crippen LogP contribution is 2.43. The molecule has 0 aromatic heterocycles. The Morgan fingerprint density at radius 3 is 1.62 bits per heavy atom. The van der Waals surface area contributed by atoms with Crippen LogP contribution in [0.25, 0.3) is 0 Å². The summed E-state index contributed by atoms with van der Waals surface area (Å²) in [5.41, 5.74) is 0. The highest BCUT2D eigenvalue weighted by Gasteiger charge is 2.26. The predicted octanol–water partition coefficient (Wildman–Crippen LogP) is 11.2. The van der Waals surface area contributed by atoms with Gasteiger partial charge < -0.3 is 24.6 Å².